The fourth-order valence-corrected chi connectivity index (χ4v) is 3.54. The first kappa shape index (κ1) is 19.4. The second-order valence-electron chi connectivity index (χ2n) is 8.61. The van der Waals surface area contributed by atoms with Crippen LogP contribution in [0.1, 0.15) is 67.2 Å². The predicted molar refractivity (Wildman–Crippen MR) is 108 cm³/mol. The lowest BCUT2D eigenvalue weighted by molar-refractivity contribution is 0.0674. The van der Waals surface area contributed by atoms with E-state index in [0.717, 1.165) is 24.2 Å². The minimum atomic E-state index is -0.125. The fourth-order valence-electron chi connectivity index (χ4n) is 3.54. The van der Waals surface area contributed by atoms with E-state index in [9.17, 15) is 4.79 Å². The number of hydrogen-bond acceptors (Lipinski definition) is 6. The van der Waals surface area contributed by atoms with E-state index in [4.69, 9.17) is 8.94 Å². The molecule has 0 aromatic carbocycles. The second kappa shape index (κ2) is 7.46. The van der Waals surface area contributed by atoms with Crippen LogP contribution >= 0.6 is 0 Å². The van der Waals surface area contributed by atoms with E-state index >= 15 is 0 Å². The van der Waals surface area contributed by atoms with E-state index in [1.54, 1.807) is 6.20 Å². The number of aromatic nitrogens is 3. The Hall–Kier alpha value is -2.96. The van der Waals surface area contributed by atoms with Crippen molar-refractivity contribution in [3.05, 3.63) is 53.4 Å². The van der Waals surface area contributed by atoms with Crippen LogP contribution in [0.4, 0.5) is 0 Å². The molecule has 0 unspecified atom stereocenters. The van der Waals surface area contributed by atoms with Gasteiger partial charge in [0.1, 0.15) is 11.5 Å². The van der Waals surface area contributed by atoms with Gasteiger partial charge in [-0.25, -0.2) is 0 Å². The molecule has 0 radical (unpaired) electrons. The van der Waals surface area contributed by atoms with E-state index in [1.165, 1.54) is 0 Å². The molecular weight excluding hydrogens is 368 g/mol. The number of aryl methyl sites for hydroxylation is 1. The van der Waals surface area contributed by atoms with Crippen LogP contribution in [-0.4, -0.2) is 39.0 Å². The summed E-state index contributed by atoms with van der Waals surface area (Å²) in [7, 11) is 0. The van der Waals surface area contributed by atoms with Gasteiger partial charge in [0, 0.05) is 36.2 Å². The maximum Gasteiger partial charge on any atom is 0.289 e. The monoisotopic (exact) mass is 394 g/mol. The minimum absolute atomic E-state index is 0.0428. The average molecular weight is 394 g/mol. The molecule has 0 spiro atoms. The Labute approximate surface area is 170 Å². The highest BCUT2D eigenvalue weighted by Crippen LogP contribution is 2.31. The van der Waals surface area contributed by atoms with Gasteiger partial charge in [-0.05, 0) is 38.0 Å². The summed E-state index contributed by atoms with van der Waals surface area (Å²) >= 11 is 0. The lowest BCUT2D eigenvalue weighted by Gasteiger charge is -2.30. The van der Waals surface area contributed by atoms with Crippen LogP contribution in [0.25, 0.3) is 11.6 Å². The van der Waals surface area contributed by atoms with Crippen molar-refractivity contribution in [3.8, 4) is 11.6 Å². The summed E-state index contributed by atoms with van der Waals surface area (Å²) in [6, 6.07) is 7.55. The number of rotatable bonds is 3. The number of amides is 1. The Morgan fingerprint density at radius 1 is 1.21 bits per heavy atom. The maximum absolute atomic E-state index is 13.0. The van der Waals surface area contributed by atoms with Crippen LogP contribution in [-0.2, 0) is 5.41 Å². The van der Waals surface area contributed by atoms with Crippen molar-refractivity contribution in [1.29, 1.82) is 0 Å². The Morgan fingerprint density at radius 2 is 1.97 bits per heavy atom. The molecule has 7 nitrogen and oxygen atoms in total. The molecule has 4 rings (SSSR count). The molecule has 0 bridgehead atoms. The number of carbonyl (C=O) groups excluding carboxylic acids is 1. The summed E-state index contributed by atoms with van der Waals surface area (Å²) in [5.74, 6) is 2.52. The Kier molecular flexibility index (Phi) is 4.98. The summed E-state index contributed by atoms with van der Waals surface area (Å²) in [6.07, 6.45) is 3.28. The van der Waals surface area contributed by atoms with Crippen LogP contribution in [0.5, 0.6) is 0 Å². The standard InChI is InChI=1S/C22H26N4O3/c1-14-13-17(22(2,3)4)28-18(14)21(27)26-11-8-15(9-12-26)19-24-20(29-25-19)16-7-5-6-10-23-16/h5-7,10,13,15H,8-9,11-12H2,1-4H3. The normalized spacial score (nSPS) is 15.7. The molecule has 152 valence electrons. The Morgan fingerprint density at radius 3 is 2.59 bits per heavy atom. The molecule has 0 N–H and O–H groups in total. The van der Waals surface area contributed by atoms with E-state index in [-0.39, 0.29) is 17.2 Å². The Balaban J connectivity index is 1.42. The van der Waals surface area contributed by atoms with Crippen molar-refractivity contribution < 1.29 is 13.7 Å². The zero-order valence-electron chi connectivity index (χ0n) is 17.3. The van der Waals surface area contributed by atoms with Gasteiger partial charge in [-0.15, -0.1) is 0 Å². The largest absolute Gasteiger partial charge is 0.455 e. The van der Waals surface area contributed by atoms with Gasteiger partial charge in [-0.3, -0.25) is 9.78 Å². The number of likely N-dealkylation sites (tertiary alicyclic amines) is 1. The van der Waals surface area contributed by atoms with Crippen molar-refractivity contribution in [2.75, 3.05) is 13.1 Å². The SMILES string of the molecule is Cc1cc(C(C)(C)C)oc1C(=O)N1CCC(c2noc(-c3ccccn3)n2)CC1. The van der Waals surface area contributed by atoms with Crippen LogP contribution in [0.15, 0.2) is 39.4 Å². The molecule has 1 aliphatic rings. The lowest BCUT2D eigenvalue weighted by atomic mass is 9.93. The molecule has 29 heavy (non-hydrogen) atoms. The highest BCUT2D eigenvalue weighted by atomic mass is 16.5. The first-order valence-electron chi connectivity index (χ1n) is 9.98. The first-order valence-corrected chi connectivity index (χ1v) is 9.98. The minimum Gasteiger partial charge on any atom is -0.455 e. The zero-order chi connectivity index (χ0) is 20.6. The van der Waals surface area contributed by atoms with Crippen molar-refractivity contribution in [2.24, 2.45) is 0 Å². The molecule has 0 atom stereocenters. The van der Waals surface area contributed by atoms with E-state index in [1.807, 2.05) is 36.1 Å². The van der Waals surface area contributed by atoms with Gasteiger partial charge in [0.25, 0.3) is 11.8 Å². The summed E-state index contributed by atoms with van der Waals surface area (Å²) in [5, 5.41) is 4.14. The molecule has 1 fully saturated rings. The summed E-state index contributed by atoms with van der Waals surface area (Å²) in [5.41, 5.74) is 1.43. The quantitative estimate of drug-likeness (QED) is 0.656. The molecule has 3 aromatic rings. The molecule has 3 aromatic heterocycles. The topological polar surface area (TPSA) is 85.3 Å². The summed E-state index contributed by atoms with van der Waals surface area (Å²) in [6.45, 7) is 9.44. The van der Waals surface area contributed by atoms with Crippen LogP contribution < -0.4 is 0 Å². The molecule has 0 aliphatic carbocycles. The molecule has 1 aliphatic heterocycles. The number of piperidine rings is 1. The van der Waals surface area contributed by atoms with Gasteiger partial charge < -0.3 is 13.8 Å². The van der Waals surface area contributed by atoms with Crippen molar-refractivity contribution in [3.63, 3.8) is 0 Å². The molecule has 1 saturated heterocycles. The molecule has 0 saturated carbocycles. The summed E-state index contributed by atoms with van der Waals surface area (Å²) < 4.78 is 11.3. The second-order valence-corrected chi connectivity index (χ2v) is 8.61. The number of furan rings is 1. The number of carbonyl (C=O) groups is 1. The first-order chi connectivity index (χ1) is 13.8. The summed E-state index contributed by atoms with van der Waals surface area (Å²) in [4.78, 5) is 23.6. The highest BCUT2D eigenvalue weighted by molar-refractivity contribution is 5.93. The molecule has 1 amide bonds. The average Bonchev–Trinajstić information content (AvgIpc) is 3.35. The van der Waals surface area contributed by atoms with Crippen molar-refractivity contribution in [1.82, 2.24) is 20.0 Å². The highest BCUT2D eigenvalue weighted by Gasteiger charge is 2.31. The van der Waals surface area contributed by atoms with Crippen LogP contribution in [0.2, 0.25) is 0 Å². The van der Waals surface area contributed by atoms with Gasteiger partial charge in [-0.2, -0.15) is 4.98 Å². The van der Waals surface area contributed by atoms with Crippen molar-refractivity contribution >= 4 is 5.91 Å². The third-order valence-electron chi connectivity index (χ3n) is 5.32. The van der Waals surface area contributed by atoms with Gasteiger partial charge in [0.15, 0.2) is 11.6 Å². The van der Waals surface area contributed by atoms with E-state index in [0.29, 0.717) is 36.3 Å². The third-order valence-corrected chi connectivity index (χ3v) is 5.32. The third kappa shape index (κ3) is 3.95. The Bertz CT molecular complexity index is 993. The van der Waals surface area contributed by atoms with Crippen molar-refractivity contribution in [2.45, 2.75) is 51.9 Å². The van der Waals surface area contributed by atoms with Crippen LogP contribution in [0, 0.1) is 6.92 Å². The number of hydrogen-bond donors (Lipinski definition) is 0. The molecule has 7 heteroatoms. The molecule has 4 heterocycles. The maximum atomic E-state index is 13.0. The lowest BCUT2D eigenvalue weighted by Crippen LogP contribution is -2.38. The number of nitrogens with zero attached hydrogens (tertiary/aromatic N) is 4. The smallest absolute Gasteiger partial charge is 0.289 e. The number of pyridine rings is 1. The van der Waals surface area contributed by atoms with Gasteiger partial charge in [0.2, 0.25) is 0 Å². The predicted octanol–water partition coefficient (Wildman–Crippen LogP) is 4.35. The fraction of sp³-hybridized carbons (Fsp3) is 0.455. The van der Waals surface area contributed by atoms with Gasteiger partial charge >= 0.3 is 0 Å². The molecular formula is C22H26N4O3. The zero-order valence-corrected chi connectivity index (χ0v) is 17.3. The van der Waals surface area contributed by atoms with Crippen LogP contribution in [0.3, 0.4) is 0 Å². The van der Waals surface area contributed by atoms with Gasteiger partial charge in [0.05, 0.1) is 0 Å². The van der Waals surface area contributed by atoms with Gasteiger partial charge in [-0.1, -0.05) is 32.0 Å². The van der Waals surface area contributed by atoms with E-state index in [2.05, 4.69) is 35.9 Å². The van der Waals surface area contributed by atoms with E-state index < -0.39 is 0 Å².